The van der Waals surface area contributed by atoms with Crippen LogP contribution in [-0.4, -0.2) is 25.8 Å². The Morgan fingerprint density at radius 2 is 1.84 bits per heavy atom. The van der Waals surface area contributed by atoms with Gasteiger partial charge < -0.3 is 10.2 Å². The summed E-state index contributed by atoms with van der Waals surface area (Å²) in [6.07, 6.45) is -4.54. The van der Waals surface area contributed by atoms with Crippen molar-refractivity contribution in [2.45, 2.75) is 18.0 Å². The summed E-state index contributed by atoms with van der Waals surface area (Å²) in [4.78, 5) is 14.6. The highest BCUT2D eigenvalue weighted by atomic mass is 32.2. The van der Waals surface area contributed by atoms with Crippen LogP contribution >= 0.6 is 11.8 Å². The zero-order valence-electron chi connectivity index (χ0n) is 14.1. The summed E-state index contributed by atoms with van der Waals surface area (Å²) in [5.74, 6) is -0.436. The molecule has 0 heterocycles. The fourth-order valence-corrected chi connectivity index (χ4v) is 3.03. The van der Waals surface area contributed by atoms with Crippen molar-refractivity contribution in [2.75, 3.05) is 30.1 Å². The van der Waals surface area contributed by atoms with Gasteiger partial charge in [0.1, 0.15) is 0 Å². The van der Waals surface area contributed by atoms with Gasteiger partial charge in [-0.05, 0) is 36.8 Å². The zero-order chi connectivity index (χ0) is 18.6. The second-order valence-corrected chi connectivity index (χ2v) is 6.74. The summed E-state index contributed by atoms with van der Waals surface area (Å²) >= 11 is 1.29. The van der Waals surface area contributed by atoms with E-state index in [0.29, 0.717) is 5.69 Å². The van der Waals surface area contributed by atoms with E-state index in [4.69, 9.17) is 0 Å². The lowest BCUT2D eigenvalue weighted by molar-refractivity contribution is -0.136. The first kappa shape index (κ1) is 19.2. The fraction of sp³-hybridized carbons (Fsp3) is 0.278. The number of benzene rings is 2. The summed E-state index contributed by atoms with van der Waals surface area (Å²) in [6, 6.07) is 11.4. The van der Waals surface area contributed by atoms with Crippen LogP contribution in [0.5, 0.6) is 0 Å². The molecule has 25 heavy (non-hydrogen) atoms. The number of aryl methyl sites for hydroxylation is 1. The minimum absolute atomic E-state index is 0.0393. The van der Waals surface area contributed by atoms with Crippen LogP contribution in [-0.2, 0) is 11.0 Å². The van der Waals surface area contributed by atoms with Crippen LogP contribution in [0.1, 0.15) is 11.1 Å². The molecule has 0 atom stereocenters. The van der Waals surface area contributed by atoms with Crippen LogP contribution in [0.3, 0.4) is 0 Å². The van der Waals surface area contributed by atoms with E-state index in [9.17, 15) is 18.0 Å². The molecule has 2 aromatic rings. The average molecular weight is 368 g/mol. The molecule has 0 aliphatic rings. The zero-order valence-corrected chi connectivity index (χ0v) is 15.0. The second-order valence-electron chi connectivity index (χ2n) is 5.72. The smallest absolute Gasteiger partial charge is 0.378 e. The van der Waals surface area contributed by atoms with Crippen molar-refractivity contribution >= 4 is 29.0 Å². The van der Waals surface area contributed by atoms with Crippen molar-refractivity contribution < 1.29 is 18.0 Å². The van der Waals surface area contributed by atoms with Gasteiger partial charge in [-0.25, -0.2) is 0 Å². The lowest BCUT2D eigenvalue weighted by Crippen LogP contribution is -2.19. The average Bonchev–Trinajstić information content (AvgIpc) is 2.53. The predicted molar refractivity (Wildman–Crippen MR) is 96.3 cm³/mol. The Labute approximate surface area is 149 Å². The molecule has 0 unspecified atom stereocenters. The van der Waals surface area contributed by atoms with Gasteiger partial charge >= 0.3 is 6.18 Å². The summed E-state index contributed by atoms with van der Waals surface area (Å²) in [5.41, 5.74) is 0.354. The van der Waals surface area contributed by atoms with Crippen molar-refractivity contribution in [1.29, 1.82) is 0 Å². The van der Waals surface area contributed by atoms with Crippen LogP contribution in [0.4, 0.5) is 24.5 Å². The maximum atomic E-state index is 13.3. The van der Waals surface area contributed by atoms with Crippen LogP contribution in [0.2, 0.25) is 0 Å². The molecule has 0 aliphatic heterocycles. The molecule has 0 fully saturated rings. The van der Waals surface area contributed by atoms with Crippen LogP contribution in [0, 0.1) is 6.92 Å². The fourth-order valence-electron chi connectivity index (χ4n) is 2.20. The number of carbonyl (C=O) groups excluding carboxylic acids is 1. The predicted octanol–water partition coefficient (Wildman–Crippen LogP) is 4.81. The first-order valence-electron chi connectivity index (χ1n) is 7.55. The molecule has 3 nitrogen and oxygen atoms in total. The molecule has 0 aliphatic carbocycles. The third-order valence-corrected chi connectivity index (χ3v) is 4.73. The van der Waals surface area contributed by atoms with Gasteiger partial charge in [-0.15, -0.1) is 11.8 Å². The summed E-state index contributed by atoms with van der Waals surface area (Å²) in [5, 5.41) is 2.37. The number of amides is 1. The van der Waals surface area contributed by atoms with Crippen molar-refractivity contribution in [3.63, 3.8) is 0 Å². The number of alkyl halides is 3. The molecule has 0 saturated carbocycles. The number of hydrogen-bond acceptors (Lipinski definition) is 3. The molecular weight excluding hydrogens is 349 g/mol. The molecule has 134 valence electrons. The lowest BCUT2D eigenvalue weighted by atomic mass is 10.1. The molecule has 2 aromatic carbocycles. The van der Waals surface area contributed by atoms with E-state index < -0.39 is 17.6 Å². The minimum atomic E-state index is -4.54. The maximum absolute atomic E-state index is 13.3. The molecule has 0 spiro atoms. The van der Waals surface area contributed by atoms with Crippen molar-refractivity contribution in [1.82, 2.24) is 0 Å². The second kappa shape index (κ2) is 7.82. The summed E-state index contributed by atoms with van der Waals surface area (Å²) in [7, 11) is 3.32. The Hall–Kier alpha value is -2.15. The van der Waals surface area contributed by atoms with Gasteiger partial charge in [-0.2, -0.15) is 13.2 Å². The number of rotatable bonds is 5. The number of nitrogens with one attached hydrogen (secondary N) is 1. The Kier molecular flexibility index (Phi) is 6.00. The molecule has 0 radical (unpaired) electrons. The molecular formula is C18H19F3N2OS. The molecule has 0 bridgehead atoms. The first-order valence-corrected chi connectivity index (χ1v) is 8.54. The maximum Gasteiger partial charge on any atom is 0.418 e. The molecule has 2 rings (SSSR count). The molecule has 7 heteroatoms. The van der Waals surface area contributed by atoms with E-state index in [0.717, 1.165) is 16.5 Å². The Morgan fingerprint density at radius 1 is 1.16 bits per heavy atom. The normalized spacial score (nSPS) is 11.3. The van der Waals surface area contributed by atoms with Crippen LogP contribution < -0.4 is 10.2 Å². The van der Waals surface area contributed by atoms with Gasteiger partial charge in [0.05, 0.1) is 17.0 Å². The Morgan fingerprint density at radius 3 is 2.44 bits per heavy atom. The van der Waals surface area contributed by atoms with E-state index in [1.165, 1.54) is 17.8 Å². The highest BCUT2D eigenvalue weighted by Crippen LogP contribution is 2.37. The topological polar surface area (TPSA) is 32.3 Å². The highest BCUT2D eigenvalue weighted by Gasteiger charge is 2.34. The quantitative estimate of drug-likeness (QED) is 0.769. The lowest BCUT2D eigenvalue weighted by Gasteiger charge is -2.18. The van der Waals surface area contributed by atoms with E-state index >= 15 is 0 Å². The number of thioether (sulfide) groups is 1. The number of hydrogen-bond donors (Lipinski definition) is 1. The number of nitrogens with zero attached hydrogens (tertiary/aromatic N) is 1. The van der Waals surface area contributed by atoms with Gasteiger partial charge in [0.2, 0.25) is 5.91 Å². The summed E-state index contributed by atoms with van der Waals surface area (Å²) < 4.78 is 39.8. The largest absolute Gasteiger partial charge is 0.418 e. The van der Waals surface area contributed by atoms with Crippen molar-refractivity contribution in [2.24, 2.45) is 0 Å². The third kappa shape index (κ3) is 5.16. The van der Waals surface area contributed by atoms with Gasteiger partial charge in [0, 0.05) is 24.7 Å². The van der Waals surface area contributed by atoms with Crippen LogP contribution in [0.15, 0.2) is 47.4 Å². The minimum Gasteiger partial charge on any atom is -0.378 e. The summed E-state index contributed by atoms with van der Waals surface area (Å²) in [6.45, 7) is 1.92. The van der Waals surface area contributed by atoms with Crippen LogP contribution in [0.25, 0.3) is 0 Å². The van der Waals surface area contributed by atoms with Gasteiger partial charge in [-0.1, -0.05) is 18.2 Å². The molecule has 0 saturated heterocycles. The monoisotopic (exact) mass is 368 g/mol. The Balaban J connectivity index is 2.13. The van der Waals surface area contributed by atoms with E-state index in [-0.39, 0.29) is 11.4 Å². The third-order valence-electron chi connectivity index (χ3n) is 3.55. The number of anilines is 2. The first-order chi connectivity index (χ1) is 11.7. The van der Waals surface area contributed by atoms with Crippen molar-refractivity contribution in [3.8, 4) is 0 Å². The molecule has 0 aromatic heterocycles. The highest BCUT2D eigenvalue weighted by molar-refractivity contribution is 8.00. The number of halogens is 3. The van der Waals surface area contributed by atoms with E-state index in [2.05, 4.69) is 5.32 Å². The number of carbonyl (C=O) groups is 1. The molecule has 1 amide bonds. The standard InChI is InChI=1S/C18H19F3N2OS/c1-12-6-4-5-7-16(12)25-11-17(24)22-15-9-8-13(23(2)3)10-14(15)18(19,20)21/h4-10H,11H2,1-3H3,(H,22,24). The van der Waals surface area contributed by atoms with Crippen molar-refractivity contribution in [3.05, 3.63) is 53.6 Å². The SMILES string of the molecule is Cc1ccccc1SCC(=O)Nc1ccc(N(C)C)cc1C(F)(F)F. The van der Waals surface area contributed by atoms with E-state index in [1.807, 2.05) is 31.2 Å². The van der Waals surface area contributed by atoms with Gasteiger partial charge in [0.25, 0.3) is 0 Å². The van der Waals surface area contributed by atoms with Gasteiger partial charge in [-0.3, -0.25) is 4.79 Å². The van der Waals surface area contributed by atoms with Gasteiger partial charge in [0.15, 0.2) is 0 Å². The van der Waals surface area contributed by atoms with E-state index in [1.54, 1.807) is 25.1 Å². The molecule has 1 N–H and O–H groups in total. The Bertz CT molecular complexity index is 760.